The number of rotatable bonds is 5. The van der Waals surface area contributed by atoms with E-state index < -0.39 is 0 Å². The molecule has 0 aromatic heterocycles. The number of aliphatic hydroxyl groups is 1. The van der Waals surface area contributed by atoms with Crippen molar-refractivity contribution in [3.63, 3.8) is 0 Å². The highest BCUT2D eigenvalue weighted by atomic mass is 16.3. The number of aliphatic hydroxyl groups excluding tert-OH is 1. The van der Waals surface area contributed by atoms with Gasteiger partial charge in [-0.15, -0.1) is 0 Å². The van der Waals surface area contributed by atoms with Gasteiger partial charge in [-0.3, -0.25) is 0 Å². The van der Waals surface area contributed by atoms with E-state index in [2.05, 4.69) is 30.4 Å². The molecule has 0 bridgehead atoms. The lowest BCUT2D eigenvalue weighted by atomic mass is 9.86. The van der Waals surface area contributed by atoms with E-state index in [1.54, 1.807) is 0 Å². The molecule has 0 heterocycles. The van der Waals surface area contributed by atoms with E-state index in [1.807, 2.05) is 6.92 Å². The van der Waals surface area contributed by atoms with Crippen LogP contribution < -0.4 is 5.32 Å². The van der Waals surface area contributed by atoms with Gasteiger partial charge in [0.05, 0.1) is 6.10 Å². The maximum atomic E-state index is 9.67. The summed E-state index contributed by atoms with van der Waals surface area (Å²) in [6.45, 7) is 4.93. The van der Waals surface area contributed by atoms with Crippen LogP contribution in [0.4, 0.5) is 0 Å². The van der Waals surface area contributed by atoms with Gasteiger partial charge in [0.2, 0.25) is 0 Å². The molecule has 2 atom stereocenters. The summed E-state index contributed by atoms with van der Waals surface area (Å²) in [4.78, 5) is 0. The van der Waals surface area contributed by atoms with Crippen LogP contribution in [-0.2, 0) is 12.8 Å². The van der Waals surface area contributed by atoms with Crippen molar-refractivity contribution in [3.05, 3.63) is 34.9 Å². The van der Waals surface area contributed by atoms with Gasteiger partial charge in [0.25, 0.3) is 0 Å². The van der Waals surface area contributed by atoms with E-state index in [4.69, 9.17) is 0 Å². The van der Waals surface area contributed by atoms with Crippen molar-refractivity contribution in [3.8, 4) is 0 Å². The highest BCUT2D eigenvalue weighted by Gasteiger charge is 2.20. The number of benzene rings is 1. The quantitative estimate of drug-likeness (QED) is 0.838. The molecule has 1 aliphatic rings. The molecule has 0 fully saturated rings. The first-order chi connectivity index (χ1) is 8.74. The molecule has 0 aliphatic heterocycles. The van der Waals surface area contributed by atoms with Crippen LogP contribution in [-0.4, -0.2) is 17.8 Å². The molecule has 0 saturated heterocycles. The van der Waals surface area contributed by atoms with Crippen LogP contribution in [0.2, 0.25) is 0 Å². The lowest BCUT2D eigenvalue weighted by Crippen LogP contribution is -2.32. The third kappa shape index (κ3) is 3.12. The Bertz CT molecular complexity index is 389. The zero-order valence-corrected chi connectivity index (χ0v) is 11.6. The molecule has 2 N–H and O–H groups in total. The minimum Gasteiger partial charge on any atom is -0.392 e. The molecule has 0 spiro atoms. The molecule has 0 amide bonds. The van der Waals surface area contributed by atoms with Crippen molar-refractivity contribution in [2.45, 2.75) is 58.1 Å². The zero-order valence-electron chi connectivity index (χ0n) is 11.6. The van der Waals surface area contributed by atoms with Crippen molar-refractivity contribution in [2.75, 3.05) is 6.54 Å². The smallest absolute Gasteiger partial charge is 0.0662 e. The molecule has 1 aromatic carbocycles. The second-order valence-corrected chi connectivity index (χ2v) is 5.30. The molecule has 1 aromatic rings. The van der Waals surface area contributed by atoms with Gasteiger partial charge in [0, 0.05) is 12.6 Å². The van der Waals surface area contributed by atoms with E-state index >= 15 is 0 Å². The Labute approximate surface area is 110 Å². The molecule has 0 radical (unpaired) electrons. The molecule has 100 valence electrons. The van der Waals surface area contributed by atoms with Crippen molar-refractivity contribution >= 4 is 0 Å². The predicted molar refractivity (Wildman–Crippen MR) is 75.8 cm³/mol. The van der Waals surface area contributed by atoms with Crippen LogP contribution >= 0.6 is 0 Å². The van der Waals surface area contributed by atoms with E-state index in [9.17, 15) is 5.11 Å². The Morgan fingerprint density at radius 3 is 2.94 bits per heavy atom. The van der Waals surface area contributed by atoms with Crippen LogP contribution in [0.5, 0.6) is 0 Å². The first kappa shape index (κ1) is 13.6. The Kier molecular flexibility index (Phi) is 4.79. The average molecular weight is 247 g/mol. The van der Waals surface area contributed by atoms with E-state index in [-0.39, 0.29) is 6.10 Å². The highest BCUT2D eigenvalue weighted by molar-refractivity contribution is 5.36. The summed E-state index contributed by atoms with van der Waals surface area (Å²) in [6, 6.07) is 7.33. The first-order valence-electron chi connectivity index (χ1n) is 7.27. The first-order valence-corrected chi connectivity index (χ1v) is 7.27. The van der Waals surface area contributed by atoms with E-state index in [0.29, 0.717) is 12.6 Å². The van der Waals surface area contributed by atoms with Gasteiger partial charge < -0.3 is 10.4 Å². The summed E-state index contributed by atoms with van der Waals surface area (Å²) < 4.78 is 0. The third-order valence-corrected chi connectivity index (χ3v) is 4.00. The number of fused-ring (bicyclic) bond motifs is 1. The molecule has 18 heavy (non-hydrogen) atoms. The molecule has 2 nitrogen and oxygen atoms in total. The number of hydrogen-bond acceptors (Lipinski definition) is 2. The number of aryl methyl sites for hydroxylation is 2. The Balaban J connectivity index is 2.10. The molecule has 1 unspecified atom stereocenters. The van der Waals surface area contributed by atoms with Gasteiger partial charge >= 0.3 is 0 Å². The molecular formula is C16H25NO. The van der Waals surface area contributed by atoms with Crippen molar-refractivity contribution in [1.82, 2.24) is 5.32 Å². The van der Waals surface area contributed by atoms with Crippen LogP contribution in [0, 0.1) is 0 Å². The molecule has 0 saturated carbocycles. The second-order valence-electron chi connectivity index (χ2n) is 5.30. The third-order valence-electron chi connectivity index (χ3n) is 4.00. The second kappa shape index (κ2) is 6.35. The Hall–Kier alpha value is -0.860. The summed E-state index contributed by atoms with van der Waals surface area (Å²) in [5.74, 6) is 0. The standard InChI is InChI=1S/C16H25NO/c1-3-12-8-9-13-6-5-7-16(15(13)10-12)17-11-14(18)4-2/h8-10,14,16-18H,3-7,11H2,1-2H3/t14?,16-/m0/s1. The van der Waals surface area contributed by atoms with Crippen LogP contribution in [0.15, 0.2) is 18.2 Å². The van der Waals surface area contributed by atoms with Crippen molar-refractivity contribution in [1.29, 1.82) is 0 Å². The van der Waals surface area contributed by atoms with Crippen LogP contribution in [0.3, 0.4) is 0 Å². The van der Waals surface area contributed by atoms with Gasteiger partial charge in [0.15, 0.2) is 0 Å². The highest BCUT2D eigenvalue weighted by Crippen LogP contribution is 2.30. The fourth-order valence-corrected chi connectivity index (χ4v) is 2.70. The number of hydrogen-bond donors (Lipinski definition) is 2. The van der Waals surface area contributed by atoms with Gasteiger partial charge in [-0.2, -0.15) is 0 Å². The van der Waals surface area contributed by atoms with Gasteiger partial charge in [0.1, 0.15) is 0 Å². The summed E-state index contributed by atoms with van der Waals surface area (Å²) in [5, 5.41) is 13.2. The normalized spacial score (nSPS) is 20.5. The molecule has 2 rings (SSSR count). The molecule has 1 aliphatic carbocycles. The maximum absolute atomic E-state index is 9.67. The summed E-state index contributed by atoms with van der Waals surface area (Å²) in [7, 11) is 0. The lowest BCUT2D eigenvalue weighted by Gasteiger charge is -2.28. The van der Waals surface area contributed by atoms with Gasteiger partial charge in [-0.1, -0.05) is 32.0 Å². The number of nitrogens with one attached hydrogen (secondary N) is 1. The van der Waals surface area contributed by atoms with Crippen LogP contribution in [0.25, 0.3) is 0 Å². The van der Waals surface area contributed by atoms with Gasteiger partial charge in [-0.05, 0) is 48.8 Å². The summed E-state index contributed by atoms with van der Waals surface area (Å²) >= 11 is 0. The summed E-state index contributed by atoms with van der Waals surface area (Å²) in [5.41, 5.74) is 4.37. The predicted octanol–water partition coefficient (Wildman–Crippen LogP) is 2.99. The van der Waals surface area contributed by atoms with E-state index in [0.717, 1.165) is 12.8 Å². The minimum absolute atomic E-state index is 0.218. The Morgan fingerprint density at radius 1 is 1.39 bits per heavy atom. The fraction of sp³-hybridized carbons (Fsp3) is 0.625. The molecule has 2 heteroatoms. The average Bonchev–Trinajstić information content (AvgIpc) is 2.43. The van der Waals surface area contributed by atoms with E-state index in [1.165, 1.54) is 36.0 Å². The maximum Gasteiger partial charge on any atom is 0.0662 e. The largest absolute Gasteiger partial charge is 0.392 e. The van der Waals surface area contributed by atoms with Crippen molar-refractivity contribution < 1.29 is 5.11 Å². The van der Waals surface area contributed by atoms with Crippen LogP contribution in [0.1, 0.15) is 55.8 Å². The van der Waals surface area contributed by atoms with Gasteiger partial charge in [-0.25, -0.2) is 0 Å². The SMILES string of the molecule is CCc1ccc2c(c1)[C@@H](NCC(O)CC)CCC2. The zero-order chi connectivity index (χ0) is 13.0. The monoisotopic (exact) mass is 247 g/mol. The Morgan fingerprint density at radius 2 is 2.22 bits per heavy atom. The van der Waals surface area contributed by atoms with Crippen molar-refractivity contribution in [2.24, 2.45) is 0 Å². The lowest BCUT2D eigenvalue weighted by molar-refractivity contribution is 0.161. The minimum atomic E-state index is -0.218. The fourth-order valence-electron chi connectivity index (χ4n) is 2.70. The molecular weight excluding hydrogens is 222 g/mol. The summed E-state index contributed by atoms with van der Waals surface area (Å²) in [6.07, 6.45) is 5.34. The topological polar surface area (TPSA) is 32.3 Å².